The first kappa shape index (κ1) is 20.5. The molecule has 2 atom stereocenters. The molecular formula is C23H40O3Sn. The van der Waals surface area contributed by atoms with Crippen LogP contribution in [0.5, 0.6) is 0 Å². The van der Waals surface area contributed by atoms with Crippen molar-refractivity contribution in [2.45, 2.75) is 121 Å². The molecule has 0 aromatic carbocycles. The summed E-state index contributed by atoms with van der Waals surface area (Å²) in [5.41, 5.74) is 0. The van der Waals surface area contributed by atoms with E-state index in [1.165, 1.54) is 101 Å². The molecule has 4 fully saturated rings. The van der Waals surface area contributed by atoms with E-state index in [9.17, 15) is 9.90 Å². The molecule has 0 aromatic heterocycles. The van der Waals surface area contributed by atoms with Crippen LogP contribution in [0.2, 0.25) is 12.3 Å². The summed E-state index contributed by atoms with van der Waals surface area (Å²) in [6.07, 6.45) is 21.4. The number of hydrogen-bond donors (Lipinski definition) is 1. The van der Waals surface area contributed by atoms with Gasteiger partial charge in [-0.3, -0.25) is 0 Å². The van der Waals surface area contributed by atoms with Gasteiger partial charge in [-0.1, -0.05) is 0 Å². The molecule has 27 heavy (non-hydrogen) atoms. The van der Waals surface area contributed by atoms with Crippen molar-refractivity contribution in [2.75, 3.05) is 0 Å². The van der Waals surface area contributed by atoms with Crippen LogP contribution >= 0.6 is 0 Å². The minimum atomic E-state index is -2.84. The summed E-state index contributed by atoms with van der Waals surface area (Å²) in [4.78, 5) is 12.1. The molecule has 154 valence electrons. The van der Waals surface area contributed by atoms with E-state index < -0.39 is 24.8 Å². The number of carboxylic acid groups (broad SMARTS) is 1. The molecule has 1 heterocycles. The predicted octanol–water partition coefficient (Wildman–Crippen LogP) is 6.67. The van der Waals surface area contributed by atoms with Gasteiger partial charge in [-0.15, -0.1) is 0 Å². The summed E-state index contributed by atoms with van der Waals surface area (Å²) in [7, 11) is 0. The first-order chi connectivity index (χ1) is 13.2. The molecule has 1 aliphatic heterocycles. The van der Waals surface area contributed by atoms with Gasteiger partial charge in [0.1, 0.15) is 0 Å². The van der Waals surface area contributed by atoms with Crippen molar-refractivity contribution in [1.82, 2.24) is 0 Å². The molecule has 0 spiro atoms. The van der Waals surface area contributed by atoms with E-state index in [1.807, 2.05) is 0 Å². The number of rotatable bonds is 4. The van der Waals surface area contributed by atoms with E-state index in [-0.39, 0.29) is 12.0 Å². The van der Waals surface area contributed by atoms with Gasteiger partial charge in [-0.05, 0) is 0 Å². The maximum absolute atomic E-state index is 12.1. The topological polar surface area (TPSA) is 46.5 Å². The Hall–Kier alpha value is 0.229. The second-order valence-corrected chi connectivity index (χ2v) is 22.3. The quantitative estimate of drug-likeness (QED) is 0.455. The number of carboxylic acids is 1. The fourth-order valence-electron chi connectivity index (χ4n) is 7.21. The average Bonchev–Trinajstić information content (AvgIpc) is 2.75. The Morgan fingerprint density at radius 1 is 0.704 bits per heavy atom. The van der Waals surface area contributed by atoms with Gasteiger partial charge in [0.2, 0.25) is 0 Å². The molecule has 0 aromatic rings. The Morgan fingerprint density at radius 2 is 1.19 bits per heavy atom. The van der Waals surface area contributed by atoms with E-state index in [0.29, 0.717) is 5.92 Å². The molecule has 1 N–H and O–H groups in total. The average molecular weight is 483 g/mol. The Labute approximate surface area is 170 Å². The second-order valence-electron chi connectivity index (χ2n) is 10.1. The van der Waals surface area contributed by atoms with Crippen LogP contribution in [-0.2, 0) is 7.87 Å². The number of aliphatic carboxylic acids is 1. The van der Waals surface area contributed by atoms with E-state index in [2.05, 4.69) is 0 Å². The third-order valence-corrected chi connectivity index (χ3v) is 24.9. The molecule has 2 unspecified atom stereocenters. The van der Waals surface area contributed by atoms with E-state index in [0.717, 1.165) is 14.3 Å². The van der Waals surface area contributed by atoms with Crippen LogP contribution in [0.1, 0.15) is 103 Å². The van der Waals surface area contributed by atoms with Crippen molar-refractivity contribution in [3.05, 3.63) is 0 Å². The van der Waals surface area contributed by atoms with Crippen LogP contribution in [-0.4, -0.2) is 36.0 Å². The van der Waals surface area contributed by atoms with Crippen molar-refractivity contribution in [3.63, 3.8) is 0 Å². The molecule has 3 nitrogen and oxygen atoms in total. The van der Waals surface area contributed by atoms with E-state index in [4.69, 9.17) is 3.07 Å². The van der Waals surface area contributed by atoms with Crippen molar-refractivity contribution < 1.29 is 13.0 Å². The van der Waals surface area contributed by atoms with Crippen LogP contribution in [0.25, 0.3) is 0 Å². The van der Waals surface area contributed by atoms with Crippen LogP contribution in [0.4, 0.5) is 0 Å². The zero-order valence-corrected chi connectivity index (χ0v) is 20.0. The summed E-state index contributed by atoms with van der Waals surface area (Å²) < 4.78 is 10.4. The fourth-order valence-corrected chi connectivity index (χ4v) is 25.4. The Bertz CT molecular complexity index is 472. The van der Waals surface area contributed by atoms with Gasteiger partial charge in [-0.25, -0.2) is 0 Å². The molecule has 0 radical (unpaired) electrons. The van der Waals surface area contributed by atoms with Crippen LogP contribution in [0.15, 0.2) is 0 Å². The summed E-state index contributed by atoms with van der Waals surface area (Å²) in [6, 6.07) is 0. The van der Waals surface area contributed by atoms with E-state index >= 15 is 0 Å². The summed E-state index contributed by atoms with van der Waals surface area (Å²) in [6.45, 7) is 0. The standard InChI is InChI=1S/C11H18O3.2C6H11.Sn/c1-2-9(11(13)14)10(12)8-6-4-3-5-7-8;2*1-2-4-6-5-3-1;/h8-10H,1-7H2,(H,13,14);2*1H,2-6H2;/q-1;;;+1. The van der Waals surface area contributed by atoms with E-state index in [1.54, 1.807) is 0 Å². The van der Waals surface area contributed by atoms with Gasteiger partial charge in [0.25, 0.3) is 0 Å². The fraction of sp³-hybridized carbons (Fsp3) is 0.957. The summed E-state index contributed by atoms with van der Waals surface area (Å²) in [5, 5.41) is 9.97. The zero-order valence-electron chi connectivity index (χ0n) is 17.2. The summed E-state index contributed by atoms with van der Waals surface area (Å²) in [5.74, 6) is -0.258. The van der Waals surface area contributed by atoms with Gasteiger partial charge in [-0.2, -0.15) is 0 Å². The number of hydrogen-bond acceptors (Lipinski definition) is 2. The molecule has 4 rings (SSSR count). The maximum atomic E-state index is 12.1. The third kappa shape index (κ3) is 4.39. The Morgan fingerprint density at radius 3 is 1.67 bits per heavy atom. The molecule has 3 saturated carbocycles. The predicted molar refractivity (Wildman–Crippen MR) is 111 cm³/mol. The Balaban J connectivity index is 1.62. The van der Waals surface area contributed by atoms with Crippen molar-refractivity contribution in [3.8, 4) is 0 Å². The first-order valence-corrected chi connectivity index (χ1v) is 18.6. The summed E-state index contributed by atoms with van der Waals surface area (Å²) >= 11 is -2.84. The zero-order chi connectivity index (χ0) is 18.7. The van der Waals surface area contributed by atoms with Crippen molar-refractivity contribution in [1.29, 1.82) is 0 Å². The first-order valence-electron chi connectivity index (χ1n) is 12.1. The molecule has 1 saturated heterocycles. The number of carbonyl (C=O) groups is 1. The third-order valence-electron chi connectivity index (χ3n) is 8.62. The normalized spacial score (nSPS) is 34.4. The molecule has 0 amide bonds. The van der Waals surface area contributed by atoms with Crippen LogP contribution in [0.3, 0.4) is 0 Å². The van der Waals surface area contributed by atoms with Gasteiger partial charge >= 0.3 is 171 Å². The molecular weight excluding hydrogens is 443 g/mol. The van der Waals surface area contributed by atoms with Crippen molar-refractivity contribution in [2.24, 2.45) is 11.8 Å². The molecule has 0 bridgehead atoms. The minimum absolute atomic E-state index is 0.0659. The molecule has 3 aliphatic carbocycles. The van der Waals surface area contributed by atoms with Crippen LogP contribution < -0.4 is 0 Å². The van der Waals surface area contributed by atoms with Gasteiger partial charge < -0.3 is 0 Å². The molecule has 4 aliphatic rings. The van der Waals surface area contributed by atoms with Gasteiger partial charge in [0.05, 0.1) is 0 Å². The van der Waals surface area contributed by atoms with Gasteiger partial charge in [0, 0.05) is 0 Å². The monoisotopic (exact) mass is 484 g/mol. The van der Waals surface area contributed by atoms with Crippen molar-refractivity contribution >= 4 is 24.8 Å². The molecule has 4 heteroatoms. The Kier molecular flexibility index (Phi) is 7.11. The second kappa shape index (κ2) is 9.36. The van der Waals surface area contributed by atoms with Gasteiger partial charge in [0.15, 0.2) is 0 Å². The van der Waals surface area contributed by atoms with Crippen LogP contribution in [0, 0.1) is 11.8 Å². The SMILES string of the molecule is O=C(O)C1C[CH2][Sn]([CH]2CCCCC2)([CH]2CCCCC2)[O]C1C1CCCCC1.